The molecule has 2 rings (SSSR count). The van der Waals surface area contributed by atoms with Gasteiger partial charge < -0.3 is 14.8 Å². The Morgan fingerprint density at radius 3 is 2.35 bits per heavy atom. The van der Waals surface area contributed by atoms with Crippen molar-refractivity contribution in [3.63, 3.8) is 0 Å². The molecular weight excluding hydrogens is 310 g/mol. The number of hydrazone groups is 1. The number of thiocarbonyl (C=S) groups is 1. The average molecular weight is 329 g/mol. The van der Waals surface area contributed by atoms with Gasteiger partial charge in [-0.3, -0.25) is 5.43 Å². The topological polar surface area (TPSA) is 54.9 Å². The standard InChI is InChI=1S/C17H19N3O2S/c1-12(13-6-4-8-15(10-13)21-2)19-20-17(23)18-14-7-5-9-16(11-14)22-3/h4-11H,1-3H3,(H2,18,20,23)/b19-12+. The number of hydrogen-bond donors (Lipinski definition) is 2. The molecule has 0 aromatic heterocycles. The van der Waals surface area contributed by atoms with Crippen LogP contribution >= 0.6 is 12.2 Å². The number of hydrogen-bond acceptors (Lipinski definition) is 4. The van der Waals surface area contributed by atoms with E-state index in [1.54, 1.807) is 14.2 Å². The SMILES string of the molecule is COc1cccc(NC(=S)N/N=C(\C)c2cccc(OC)c2)c1. The molecule has 0 spiro atoms. The summed E-state index contributed by atoms with van der Waals surface area (Å²) in [4.78, 5) is 0. The molecule has 2 aromatic carbocycles. The number of anilines is 1. The first-order valence-corrected chi connectivity index (χ1v) is 7.43. The van der Waals surface area contributed by atoms with Gasteiger partial charge in [0.1, 0.15) is 11.5 Å². The lowest BCUT2D eigenvalue weighted by atomic mass is 10.1. The Morgan fingerprint density at radius 1 is 1.00 bits per heavy atom. The Balaban J connectivity index is 1.99. The maximum Gasteiger partial charge on any atom is 0.191 e. The molecule has 0 amide bonds. The predicted octanol–water partition coefficient (Wildman–Crippen LogP) is 3.41. The van der Waals surface area contributed by atoms with Crippen LogP contribution in [0.1, 0.15) is 12.5 Å². The normalized spacial score (nSPS) is 10.8. The molecule has 0 atom stereocenters. The summed E-state index contributed by atoms with van der Waals surface area (Å²) in [6.07, 6.45) is 0. The first kappa shape index (κ1) is 16.8. The fourth-order valence-electron chi connectivity index (χ4n) is 1.91. The highest BCUT2D eigenvalue weighted by Crippen LogP contribution is 2.16. The Bertz CT molecular complexity index is 716. The van der Waals surface area contributed by atoms with Gasteiger partial charge in [0, 0.05) is 17.3 Å². The Morgan fingerprint density at radius 2 is 1.65 bits per heavy atom. The number of nitrogens with zero attached hydrogens (tertiary/aromatic N) is 1. The Hall–Kier alpha value is -2.60. The van der Waals surface area contributed by atoms with Crippen LogP contribution in [0.3, 0.4) is 0 Å². The van der Waals surface area contributed by atoms with Crippen LogP contribution in [0.2, 0.25) is 0 Å². The van der Waals surface area contributed by atoms with E-state index in [0.29, 0.717) is 5.11 Å². The summed E-state index contributed by atoms with van der Waals surface area (Å²) in [5.74, 6) is 1.54. The first-order chi connectivity index (χ1) is 11.1. The van der Waals surface area contributed by atoms with Crippen LogP contribution in [0.5, 0.6) is 11.5 Å². The molecule has 0 aliphatic heterocycles. The van der Waals surface area contributed by atoms with Gasteiger partial charge in [-0.15, -0.1) is 0 Å². The van der Waals surface area contributed by atoms with E-state index in [9.17, 15) is 0 Å². The summed E-state index contributed by atoms with van der Waals surface area (Å²) >= 11 is 5.24. The van der Waals surface area contributed by atoms with Crippen molar-refractivity contribution in [3.05, 3.63) is 54.1 Å². The third-order valence-electron chi connectivity index (χ3n) is 3.14. The van der Waals surface area contributed by atoms with Gasteiger partial charge in [-0.25, -0.2) is 0 Å². The largest absolute Gasteiger partial charge is 0.497 e. The van der Waals surface area contributed by atoms with Gasteiger partial charge in [0.2, 0.25) is 0 Å². The second-order valence-electron chi connectivity index (χ2n) is 4.73. The molecule has 0 radical (unpaired) electrons. The smallest absolute Gasteiger partial charge is 0.191 e. The highest BCUT2D eigenvalue weighted by Gasteiger charge is 2.01. The van der Waals surface area contributed by atoms with Crippen molar-refractivity contribution < 1.29 is 9.47 Å². The molecule has 0 heterocycles. The number of ether oxygens (including phenoxy) is 2. The fourth-order valence-corrected chi connectivity index (χ4v) is 2.07. The molecule has 2 N–H and O–H groups in total. The summed E-state index contributed by atoms with van der Waals surface area (Å²) in [5.41, 5.74) is 5.42. The van der Waals surface area contributed by atoms with Crippen molar-refractivity contribution in [1.82, 2.24) is 5.43 Å². The molecule has 6 heteroatoms. The van der Waals surface area contributed by atoms with Crippen molar-refractivity contribution >= 4 is 28.7 Å². The van der Waals surface area contributed by atoms with E-state index >= 15 is 0 Å². The van der Waals surface area contributed by atoms with Gasteiger partial charge >= 0.3 is 0 Å². The minimum Gasteiger partial charge on any atom is -0.497 e. The van der Waals surface area contributed by atoms with Crippen molar-refractivity contribution in [2.75, 3.05) is 19.5 Å². The van der Waals surface area contributed by atoms with E-state index in [0.717, 1.165) is 28.5 Å². The number of methoxy groups -OCH3 is 2. The van der Waals surface area contributed by atoms with Gasteiger partial charge in [0.15, 0.2) is 5.11 Å². The van der Waals surface area contributed by atoms with E-state index in [-0.39, 0.29) is 0 Å². The highest BCUT2D eigenvalue weighted by atomic mass is 32.1. The van der Waals surface area contributed by atoms with Gasteiger partial charge in [-0.1, -0.05) is 18.2 Å². The second-order valence-corrected chi connectivity index (χ2v) is 5.14. The third kappa shape index (κ3) is 4.96. The Labute approximate surface area is 141 Å². The summed E-state index contributed by atoms with van der Waals surface area (Å²) in [5, 5.41) is 7.74. The molecule has 0 saturated carbocycles. The van der Waals surface area contributed by atoms with Crippen molar-refractivity contribution in [1.29, 1.82) is 0 Å². The third-order valence-corrected chi connectivity index (χ3v) is 3.33. The quantitative estimate of drug-likeness (QED) is 0.500. The summed E-state index contributed by atoms with van der Waals surface area (Å²) < 4.78 is 10.4. The van der Waals surface area contributed by atoms with E-state index in [1.807, 2.05) is 55.5 Å². The number of rotatable bonds is 5. The van der Waals surface area contributed by atoms with E-state index in [1.165, 1.54) is 0 Å². The van der Waals surface area contributed by atoms with Crippen LogP contribution in [-0.4, -0.2) is 25.0 Å². The summed E-state index contributed by atoms with van der Waals surface area (Å²) in [6.45, 7) is 1.90. The van der Waals surface area contributed by atoms with Gasteiger partial charge in [0.05, 0.1) is 19.9 Å². The molecule has 0 saturated heterocycles. The van der Waals surface area contributed by atoms with Crippen LogP contribution in [-0.2, 0) is 0 Å². The molecular formula is C17H19N3O2S. The molecule has 0 aliphatic rings. The molecule has 0 bridgehead atoms. The van der Waals surface area contributed by atoms with Gasteiger partial charge in [-0.05, 0) is 43.4 Å². The molecule has 5 nitrogen and oxygen atoms in total. The first-order valence-electron chi connectivity index (χ1n) is 7.02. The lowest BCUT2D eigenvalue weighted by Crippen LogP contribution is -2.24. The van der Waals surface area contributed by atoms with E-state index in [2.05, 4.69) is 15.8 Å². The van der Waals surface area contributed by atoms with E-state index < -0.39 is 0 Å². The lowest BCUT2D eigenvalue weighted by molar-refractivity contribution is 0.414. The van der Waals surface area contributed by atoms with Crippen molar-refractivity contribution in [2.45, 2.75) is 6.92 Å². The molecule has 0 aliphatic carbocycles. The zero-order valence-electron chi connectivity index (χ0n) is 13.3. The van der Waals surface area contributed by atoms with Crippen LogP contribution in [0.15, 0.2) is 53.6 Å². The minimum absolute atomic E-state index is 0.403. The maximum atomic E-state index is 5.24. The van der Waals surface area contributed by atoms with E-state index in [4.69, 9.17) is 21.7 Å². The second kappa shape index (κ2) is 8.14. The van der Waals surface area contributed by atoms with Gasteiger partial charge in [-0.2, -0.15) is 5.10 Å². The summed E-state index contributed by atoms with van der Waals surface area (Å²) in [6, 6.07) is 15.2. The minimum atomic E-state index is 0.403. The van der Waals surface area contributed by atoms with Crippen molar-refractivity contribution in [3.8, 4) is 11.5 Å². The van der Waals surface area contributed by atoms with Crippen LogP contribution in [0.25, 0.3) is 0 Å². The van der Waals surface area contributed by atoms with Crippen LogP contribution in [0, 0.1) is 0 Å². The Kier molecular flexibility index (Phi) is 5.94. The molecule has 0 unspecified atom stereocenters. The molecule has 120 valence electrons. The monoisotopic (exact) mass is 329 g/mol. The van der Waals surface area contributed by atoms with Crippen LogP contribution in [0.4, 0.5) is 5.69 Å². The molecule has 0 fully saturated rings. The van der Waals surface area contributed by atoms with Crippen molar-refractivity contribution in [2.24, 2.45) is 5.10 Å². The summed E-state index contributed by atoms with van der Waals surface area (Å²) in [7, 11) is 3.26. The highest BCUT2D eigenvalue weighted by molar-refractivity contribution is 7.80. The average Bonchev–Trinajstić information content (AvgIpc) is 2.59. The molecule has 23 heavy (non-hydrogen) atoms. The zero-order chi connectivity index (χ0) is 16.7. The number of nitrogens with one attached hydrogen (secondary N) is 2. The van der Waals surface area contributed by atoms with Crippen LogP contribution < -0.4 is 20.2 Å². The van der Waals surface area contributed by atoms with Gasteiger partial charge in [0.25, 0.3) is 0 Å². The zero-order valence-corrected chi connectivity index (χ0v) is 14.1. The maximum absolute atomic E-state index is 5.24. The number of benzene rings is 2. The lowest BCUT2D eigenvalue weighted by Gasteiger charge is -2.09. The predicted molar refractivity (Wildman–Crippen MR) is 97.6 cm³/mol. The fraction of sp³-hybridized carbons (Fsp3) is 0.176. The molecule has 2 aromatic rings.